The molecule has 1 heterocycles. The molecule has 2 N–H and O–H groups in total. The number of nitro benzene ring substituents is 1. The molecule has 0 aliphatic heterocycles. The van der Waals surface area contributed by atoms with E-state index < -0.39 is 4.92 Å². The molecule has 2 aromatic rings. The van der Waals surface area contributed by atoms with Crippen molar-refractivity contribution < 1.29 is 9.72 Å². The van der Waals surface area contributed by atoms with Gasteiger partial charge in [-0.25, -0.2) is 4.98 Å². The van der Waals surface area contributed by atoms with Crippen molar-refractivity contribution in [1.29, 1.82) is 0 Å². The number of hydrogen-bond acceptors (Lipinski definition) is 5. The van der Waals surface area contributed by atoms with E-state index in [9.17, 15) is 14.9 Å². The van der Waals surface area contributed by atoms with E-state index in [4.69, 9.17) is 0 Å². The van der Waals surface area contributed by atoms with Gasteiger partial charge in [-0.2, -0.15) is 5.10 Å². The first-order valence-corrected chi connectivity index (χ1v) is 6.91. The number of nitrogens with one attached hydrogen (secondary N) is 2. The summed E-state index contributed by atoms with van der Waals surface area (Å²) in [5, 5.41) is 20.4. The van der Waals surface area contributed by atoms with Gasteiger partial charge in [-0.1, -0.05) is 19.1 Å². The molecule has 8 nitrogen and oxygen atoms in total. The maximum atomic E-state index is 12.1. The third kappa shape index (κ3) is 3.87. The number of H-pyrrole nitrogens is 1. The van der Waals surface area contributed by atoms with E-state index in [1.807, 2.05) is 6.92 Å². The van der Waals surface area contributed by atoms with Gasteiger partial charge in [0.15, 0.2) is 5.82 Å². The quantitative estimate of drug-likeness (QED) is 0.624. The van der Waals surface area contributed by atoms with Gasteiger partial charge in [0.25, 0.3) is 5.69 Å². The van der Waals surface area contributed by atoms with Crippen LogP contribution in [-0.2, 0) is 11.2 Å². The minimum absolute atomic E-state index is 0.0260. The molecular formula is C14H17N5O3. The van der Waals surface area contributed by atoms with Crippen LogP contribution in [0.2, 0.25) is 0 Å². The van der Waals surface area contributed by atoms with Gasteiger partial charge in [0.2, 0.25) is 5.91 Å². The standard InChI is InChI=1S/C14H17N5O3/c1-3-12(14-15-9(2)17-18-14)16-13(20)8-10-5-4-6-11(7-10)19(21)22/h4-7,12H,3,8H2,1-2H3,(H,16,20)(H,15,17,18)/t12-/m1/s1. The fraction of sp³-hybridized carbons (Fsp3) is 0.357. The lowest BCUT2D eigenvalue weighted by molar-refractivity contribution is -0.384. The molecule has 1 amide bonds. The fourth-order valence-electron chi connectivity index (χ4n) is 2.08. The molecule has 0 aliphatic carbocycles. The van der Waals surface area contributed by atoms with E-state index in [0.717, 1.165) is 0 Å². The van der Waals surface area contributed by atoms with Crippen LogP contribution in [0.15, 0.2) is 24.3 Å². The molecule has 1 aromatic heterocycles. The lowest BCUT2D eigenvalue weighted by atomic mass is 10.1. The van der Waals surface area contributed by atoms with Crippen LogP contribution in [0.3, 0.4) is 0 Å². The van der Waals surface area contributed by atoms with E-state index in [0.29, 0.717) is 23.6 Å². The predicted octanol–water partition coefficient (Wildman–Crippen LogP) is 1.83. The molecule has 2 rings (SSSR count). The summed E-state index contributed by atoms with van der Waals surface area (Å²) in [4.78, 5) is 26.6. The lowest BCUT2D eigenvalue weighted by Gasteiger charge is -2.13. The first-order valence-electron chi connectivity index (χ1n) is 6.91. The van der Waals surface area contributed by atoms with Crippen LogP contribution in [0.1, 0.15) is 36.6 Å². The van der Waals surface area contributed by atoms with Crippen molar-refractivity contribution in [3.8, 4) is 0 Å². The Hall–Kier alpha value is -2.77. The number of carbonyl (C=O) groups excluding carboxylic acids is 1. The van der Waals surface area contributed by atoms with Gasteiger partial charge in [-0.15, -0.1) is 0 Å². The van der Waals surface area contributed by atoms with Crippen LogP contribution in [0.4, 0.5) is 5.69 Å². The monoisotopic (exact) mass is 303 g/mol. The minimum Gasteiger partial charge on any atom is -0.346 e. The number of rotatable bonds is 6. The summed E-state index contributed by atoms with van der Waals surface area (Å²) in [5.41, 5.74) is 0.564. The van der Waals surface area contributed by atoms with Gasteiger partial charge in [0.1, 0.15) is 5.82 Å². The SMILES string of the molecule is CC[C@@H](NC(=O)Cc1cccc([N+](=O)[O-])c1)c1n[nH]c(C)n1. The summed E-state index contributed by atoms with van der Waals surface area (Å²) >= 11 is 0. The smallest absolute Gasteiger partial charge is 0.269 e. The maximum Gasteiger partial charge on any atom is 0.269 e. The predicted molar refractivity (Wildman–Crippen MR) is 79.1 cm³/mol. The van der Waals surface area contributed by atoms with Crippen molar-refractivity contribution >= 4 is 11.6 Å². The zero-order chi connectivity index (χ0) is 16.1. The Morgan fingerprint density at radius 3 is 2.86 bits per heavy atom. The van der Waals surface area contributed by atoms with E-state index in [2.05, 4.69) is 20.5 Å². The molecule has 0 bridgehead atoms. The van der Waals surface area contributed by atoms with Gasteiger partial charge >= 0.3 is 0 Å². The first kappa shape index (κ1) is 15.6. The highest BCUT2D eigenvalue weighted by atomic mass is 16.6. The summed E-state index contributed by atoms with van der Waals surface area (Å²) in [6.45, 7) is 3.71. The van der Waals surface area contributed by atoms with E-state index in [1.54, 1.807) is 19.1 Å². The number of nitrogens with zero attached hydrogens (tertiary/aromatic N) is 3. The Bertz CT molecular complexity index is 683. The summed E-state index contributed by atoms with van der Waals surface area (Å²) in [6, 6.07) is 5.77. The molecule has 1 aromatic carbocycles. The van der Waals surface area contributed by atoms with Crippen molar-refractivity contribution in [1.82, 2.24) is 20.5 Å². The topological polar surface area (TPSA) is 114 Å². The van der Waals surface area contributed by atoms with Gasteiger partial charge < -0.3 is 5.32 Å². The molecular weight excluding hydrogens is 286 g/mol. The zero-order valence-corrected chi connectivity index (χ0v) is 12.4. The number of aryl methyl sites for hydroxylation is 1. The van der Waals surface area contributed by atoms with E-state index >= 15 is 0 Å². The number of hydrogen-bond donors (Lipinski definition) is 2. The Balaban J connectivity index is 2.02. The van der Waals surface area contributed by atoms with Crippen molar-refractivity contribution in [3.05, 3.63) is 51.6 Å². The summed E-state index contributed by atoms with van der Waals surface area (Å²) in [5.74, 6) is 0.989. The summed E-state index contributed by atoms with van der Waals surface area (Å²) in [6.07, 6.45) is 0.722. The number of benzene rings is 1. The van der Waals surface area contributed by atoms with Crippen LogP contribution in [-0.4, -0.2) is 26.0 Å². The first-order chi connectivity index (χ1) is 10.5. The Labute approximate surface area is 127 Å². The highest BCUT2D eigenvalue weighted by molar-refractivity contribution is 5.79. The number of aromatic amines is 1. The summed E-state index contributed by atoms with van der Waals surface area (Å²) in [7, 11) is 0. The maximum absolute atomic E-state index is 12.1. The second kappa shape index (κ2) is 6.79. The number of amides is 1. The molecule has 1 atom stereocenters. The van der Waals surface area contributed by atoms with Crippen LogP contribution in [0, 0.1) is 17.0 Å². The molecule has 0 unspecified atom stereocenters. The Kier molecular flexibility index (Phi) is 4.82. The highest BCUT2D eigenvalue weighted by Gasteiger charge is 2.17. The Morgan fingerprint density at radius 1 is 1.50 bits per heavy atom. The fourth-order valence-corrected chi connectivity index (χ4v) is 2.08. The minimum atomic E-state index is -0.479. The van der Waals surface area contributed by atoms with E-state index in [-0.39, 0.29) is 24.1 Å². The largest absolute Gasteiger partial charge is 0.346 e. The second-order valence-electron chi connectivity index (χ2n) is 4.91. The number of nitro groups is 1. The molecule has 0 aliphatic rings. The zero-order valence-electron chi connectivity index (χ0n) is 12.4. The number of carbonyl (C=O) groups is 1. The van der Waals surface area contributed by atoms with Gasteiger partial charge in [0, 0.05) is 12.1 Å². The van der Waals surface area contributed by atoms with Crippen molar-refractivity contribution in [3.63, 3.8) is 0 Å². The lowest BCUT2D eigenvalue weighted by Crippen LogP contribution is -2.30. The average Bonchev–Trinajstić information content (AvgIpc) is 2.91. The van der Waals surface area contributed by atoms with Crippen LogP contribution >= 0.6 is 0 Å². The molecule has 0 spiro atoms. The van der Waals surface area contributed by atoms with Crippen molar-refractivity contribution in [2.75, 3.05) is 0 Å². The van der Waals surface area contributed by atoms with Gasteiger partial charge in [-0.05, 0) is 18.9 Å². The second-order valence-corrected chi connectivity index (χ2v) is 4.91. The average molecular weight is 303 g/mol. The normalized spacial score (nSPS) is 11.9. The third-order valence-corrected chi connectivity index (χ3v) is 3.16. The van der Waals surface area contributed by atoms with Crippen molar-refractivity contribution in [2.24, 2.45) is 0 Å². The molecule has 116 valence electrons. The number of non-ortho nitro benzene ring substituents is 1. The molecule has 0 radical (unpaired) electrons. The molecule has 8 heteroatoms. The highest BCUT2D eigenvalue weighted by Crippen LogP contribution is 2.15. The van der Waals surface area contributed by atoms with Crippen LogP contribution in [0.25, 0.3) is 0 Å². The third-order valence-electron chi connectivity index (χ3n) is 3.16. The molecule has 22 heavy (non-hydrogen) atoms. The van der Waals surface area contributed by atoms with Crippen LogP contribution < -0.4 is 5.32 Å². The molecule has 0 saturated heterocycles. The van der Waals surface area contributed by atoms with Crippen molar-refractivity contribution in [2.45, 2.75) is 32.7 Å². The molecule has 0 fully saturated rings. The Morgan fingerprint density at radius 2 is 2.27 bits per heavy atom. The van der Waals surface area contributed by atoms with Crippen LogP contribution in [0.5, 0.6) is 0 Å². The van der Waals surface area contributed by atoms with Gasteiger partial charge in [0.05, 0.1) is 17.4 Å². The number of aromatic nitrogens is 3. The van der Waals surface area contributed by atoms with Gasteiger partial charge in [-0.3, -0.25) is 20.0 Å². The summed E-state index contributed by atoms with van der Waals surface area (Å²) < 4.78 is 0. The molecule has 0 saturated carbocycles. The van der Waals surface area contributed by atoms with E-state index in [1.165, 1.54) is 12.1 Å².